The highest BCUT2D eigenvalue weighted by atomic mass is 16.6. The minimum atomic E-state index is 0.354. The van der Waals surface area contributed by atoms with Crippen molar-refractivity contribution >= 4 is 0 Å². The number of allylic oxidation sites excluding steroid dienone is 1. The maximum absolute atomic E-state index is 5.36. The molecule has 1 heterocycles. The first-order chi connectivity index (χ1) is 6.29. The summed E-state index contributed by atoms with van der Waals surface area (Å²) in [4.78, 5) is 0. The number of hydrogen-bond donors (Lipinski definition) is 0. The highest BCUT2D eigenvalue weighted by Crippen LogP contribution is 2.29. The quantitative estimate of drug-likeness (QED) is 0.628. The van der Waals surface area contributed by atoms with Crippen LogP contribution in [-0.2, 0) is 11.2 Å². The van der Waals surface area contributed by atoms with E-state index in [0.717, 1.165) is 12.2 Å². The lowest BCUT2D eigenvalue weighted by atomic mass is 10.1. The number of hydrogen-bond acceptors (Lipinski definition) is 1. The smallest absolute Gasteiger partial charge is 0.159 e. The van der Waals surface area contributed by atoms with Crippen LogP contribution in [0.3, 0.4) is 0 Å². The number of rotatable bonds is 2. The molecule has 1 aromatic rings. The van der Waals surface area contributed by atoms with Gasteiger partial charge in [0.2, 0.25) is 0 Å². The molecular formula is C12H14O. The number of ether oxygens (including phenoxy) is 1. The lowest BCUT2D eigenvalue weighted by Gasteiger charge is -1.96. The normalized spacial score (nSPS) is 22.9. The third kappa shape index (κ3) is 1.92. The molecule has 1 aromatic carbocycles. The van der Waals surface area contributed by atoms with Crippen LogP contribution < -0.4 is 0 Å². The Morgan fingerprint density at radius 2 is 2.00 bits per heavy atom. The zero-order valence-corrected chi connectivity index (χ0v) is 8.08. The van der Waals surface area contributed by atoms with E-state index in [4.69, 9.17) is 4.74 Å². The van der Waals surface area contributed by atoms with E-state index in [0.29, 0.717) is 6.10 Å². The number of aryl methyl sites for hydroxylation is 1. The van der Waals surface area contributed by atoms with Crippen LogP contribution in [0.1, 0.15) is 18.1 Å². The molecule has 1 atom stereocenters. The summed E-state index contributed by atoms with van der Waals surface area (Å²) in [6.07, 6.45) is 3.41. The largest absolute Gasteiger partial charge is 0.483 e. The van der Waals surface area contributed by atoms with Crippen molar-refractivity contribution in [2.45, 2.75) is 26.4 Å². The van der Waals surface area contributed by atoms with Crippen molar-refractivity contribution in [3.8, 4) is 0 Å². The Morgan fingerprint density at radius 3 is 2.54 bits per heavy atom. The third-order valence-corrected chi connectivity index (χ3v) is 2.36. The van der Waals surface area contributed by atoms with E-state index < -0.39 is 0 Å². The van der Waals surface area contributed by atoms with Crippen molar-refractivity contribution in [3.05, 3.63) is 47.2 Å². The van der Waals surface area contributed by atoms with E-state index in [2.05, 4.69) is 31.2 Å². The lowest BCUT2D eigenvalue weighted by molar-refractivity contribution is 0.426. The van der Waals surface area contributed by atoms with Gasteiger partial charge in [-0.3, -0.25) is 0 Å². The SMILES string of the molecule is C/C=C1\OC1Cc1ccc(C)cc1. The summed E-state index contributed by atoms with van der Waals surface area (Å²) in [5.41, 5.74) is 2.67. The summed E-state index contributed by atoms with van der Waals surface area (Å²) in [6.45, 7) is 4.12. The molecule has 13 heavy (non-hydrogen) atoms. The average molecular weight is 174 g/mol. The molecule has 0 N–H and O–H groups in total. The Labute approximate surface area is 79.0 Å². The standard InChI is InChI=1S/C12H14O/c1-3-11-12(13-11)8-10-6-4-9(2)5-7-10/h3-7,12H,8H2,1-2H3/b11-3-. The van der Waals surface area contributed by atoms with Crippen molar-refractivity contribution < 1.29 is 4.74 Å². The van der Waals surface area contributed by atoms with Gasteiger partial charge in [-0.05, 0) is 25.5 Å². The van der Waals surface area contributed by atoms with E-state index in [1.165, 1.54) is 11.1 Å². The molecule has 1 nitrogen and oxygen atoms in total. The Hall–Kier alpha value is -1.24. The molecule has 1 fully saturated rings. The molecule has 0 saturated carbocycles. The Balaban J connectivity index is 2.00. The van der Waals surface area contributed by atoms with Crippen LogP contribution in [0.15, 0.2) is 36.1 Å². The summed E-state index contributed by atoms with van der Waals surface area (Å²) in [7, 11) is 0. The Morgan fingerprint density at radius 1 is 1.31 bits per heavy atom. The van der Waals surface area contributed by atoms with Gasteiger partial charge in [-0.25, -0.2) is 0 Å². The van der Waals surface area contributed by atoms with E-state index in [9.17, 15) is 0 Å². The van der Waals surface area contributed by atoms with Crippen LogP contribution in [0, 0.1) is 6.92 Å². The molecule has 0 aliphatic carbocycles. The molecule has 0 bridgehead atoms. The van der Waals surface area contributed by atoms with Crippen LogP contribution in [0.25, 0.3) is 0 Å². The van der Waals surface area contributed by atoms with Gasteiger partial charge in [0.05, 0.1) is 0 Å². The molecule has 1 aliphatic rings. The van der Waals surface area contributed by atoms with Crippen LogP contribution in [-0.4, -0.2) is 6.10 Å². The topological polar surface area (TPSA) is 12.5 Å². The maximum atomic E-state index is 5.36. The first-order valence-electron chi connectivity index (χ1n) is 4.68. The molecule has 1 heteroatoms. The maximum Gasteiger partial charge on any atom is 0.159 e. The van der Waals surface area contributed by atoms with Crippen LogP contribution in [0.2, 0.25) is 0 Å². The van der Waals surface area contributed by atoms with Crippen LogP contribution in [0.4, 0.5) is 0 Å². The molecule has 0 amide bonds. The van der Waals surface area contributed by atoms with E-state index in [-0.39, 0.29) is 0 Å². The highest BCUT2D eigenvalue weighted by Gasteiger charge is 2.31. The number of benzene rings is 1. The summed E-state index contributed by atoms with van der Waals surface area (Å²) < 4.78 is 5.36. The first-order valence-corrected chi connectivity index (χ1v) is 4.68. The highest BCUT2D eigenvalue weighted by molar-refractivity contribution is 5.25. The van der Waals surface area contributed by atoms with Gasteiger partial charge in [0.25, 0.3) is 0 Å². The van der Waals surface area contributed by atoms with Gasteiger partial charge in [0.15, 0.2) is 6.10 Å². The van der Waals surface area contributed by atoms with Gasteiger partial charge in [0, 0.05) is 6.42 Å². The van der Waals surface area contributed by atoms with Crippen LogP contribution >= 0.6 is 0 Å². The van der Waals surface area contributed by atoms with Gasteiger partial charge < -0.3 is 4.74 Å². The lowest BCUT2D eigenvalue weighted by Crippen LogP contribution is -1.91. The molecule has 1 unspecified atom stereocenters. The zero-order chi connectivity index (χ0) is 9.26. The van der Waals surface area contributed by atoms with Crippen molar-refractivity contribution in [2.75, 3.05) is 0 Å². The van der Waals surface area contributed by atoms with Crippen molar-refractivity contribution in [2.24, 2.45) is 0 Å². The summed E-state index contributed by atoms with van der Waals surface area (Å²) in [5, 5.41) is 0. The molecular weight excluding hydrogens is 160 g/mol. The fourth-order valence-electron chi connectivity index (χ4n) is 1.46. The Bertz CT molecular complexity index is 321. The second-order valence-corrected chi connectivity index (χ2v) is 3.49. The predicted octanol–water partition coefficient (Wildman–Crippen LogP) is 2.84. The van der Waals surface area contributed by atoms with Crippen molar-refractivity contribution in [1.29, 1.82) is 0 Å². The van der Waals surface area contributed by atoms with E-state index in [1.54, 1.807) is 0 Å². The van der Waals surface area contributed by atoms with Gasteiger partial charge in [-0.15, -0.1) is 0 Å². The minimum Gasteiger partial charge on any atom is -0.483 e. The van der Waals surface area contributed by atoms with Crippen LogP contribution in [0.5, 0.6) is 0 Å². The van der Waals surface area contributed by atoms with Gasteiger partial charge >= 0.3 is 0 Å². The second kappa shape index (κ2) is 3.25. The second-order valence-electron chi connectivity index (χ2n) is 3.49. The minimum absolute atomic E-state index is 0.354. The number of epoxide rings is 1. The van der Waals surface area contributed by atoms with E-state index >= 15 is 0 Å². The summed E-state index contributed by atoms with van der Waals surface area (Å²) in [6, 6.07) is 8.63. The molecule has 2 rings (SSSR count). The fourth-order valence-corrected chi connectivity index (χ4v) is 1.46. The predicted molar refractivity (Wildman–Crippen MR) is 53.5 cm³/mol. The van der Waals surface area contributed by atoms with Crippen molar-refractivity contribution in [1.82, 2.24) is 0 Å². The van der Waals surface area contributed by atoms with Gasteiger partial charge in [0.1, 0.15) is 5.76 Å². The van der Waals surface area contributed by atoms with Gasteiger partial charge in [-0.2, -0.15) is 0 Å². The monoisotopic (exact) mass is 174 g/mol. The third-order valence-electron chi connectivity index (χ3n) is 2.36. The molecule has 0 radical (unpaired) electrons. The fraction of sp³-hybridized carbons (Fsp3) is 0.333. The molecule has 0 spiro atoms. The summed E-state index contributed by atoms with van der Waals surface area (Å²) >= 11 is 0. The van der Waals surface area contributed by atoms with Crippen molar-refractivity contribution in [3.63, 3.8) is 0 Å². The Kier molecular flexibility index (Phi) is 2.09. The molecule has 1 saturated heterocycles. The molecule has 68 valence electrons. The zero-order valence-electron chi connectivity index (χ0n) is 8.08. The first kappa shape index (κ1) is 8.36. The molecule has 0 aromatic heterocycles. The van der Waals surface area contributed by atoms with Gasteiger partial charge in [-0.1, -0.05) is 29.8 Å². The molecule has 1 aliphatic heterocycles. The average Bonchev–Trinajstić information content (AvgIpc) is 2.88. The van der Waals surface area contributed by atoms with E-state index in [1.807, 2.05) is 13.0 Å². The summed E-state index contributed by atoms with van der Waals surface area (Å²) in [5.74, 6) is 1.14.